The highest BCUT2D eigenvalue weighted by molar-refractivity contribution is 8.13. The van der Waals surface area contributed by atoms with E-state index < -0.39 is 5.97 Å². The molecule has 106 valence electrons. The van der Waals surface area contributed by atoms with E-state index in [1.54, 1.807) is 4.90 Å². The van der Waals surface area contributed by atoms with Gasteiger partial charge in [0.15, 0.2) is 0 Å². The molecule has 8 heteroatoms. The SMILES string of the molecule is O=C(CCN1CCSC1=O)Nc1ccc(C(=O)O)cn1. The Morgan fingerprint density at radius 3 is 2.80 bits per heavy atom. The Morgan fingerprint density at radius 2 is 2.25 bits per heavy atom. The maximum atomic E-state index is 11.7. The van der Waals surface area contributed by atoms with Gasteiger partial charge in [-0.1, -0.05) is 11.8 Å². The van der Waals surface area contributed by atoms with Crippen LogP contribution in [0, 0.1) is 0 Å². The maximum absolute atomic E-state index is 11.7. The molecule has 0 radical (unpaired) electrons. The van der Waals surface area contributed by atoms with Gasteiger partial charge in [-0.25, -0.2) is 9.78 Å². The number of hydrogen-bond donors (Lipinski definition) is 2. The number of pyridine rings is 1. The van der Waals surface area contributed by atoms with Gasteiger partial charge in [0.2, 0.25) is 5.91 Å². The summed E-state index contributed by atoms with van der Waals surface area (Å²) in [6.07, 6.45) is 1.37. The number of carboxylic acid groups (broad SMARTS) is 1. The van der Waals surface area contributed by atoms with Crippen LogP contribution in [0.15, 0.2) is 18.3 Å². The summed E-state index contributed by atoms with van der Waals surface area (Å²) in [7, 11) is 0. The summed E-state index contributed by atoms with van der Waals surface area (Å²) in [5, 5.41) is 11.3. The predicted octanol–water partition coefficient (Wildman–Crippen LogP) is 1.28. The van der Waals surface area contributed by atoms with Crippen molar-refractivity contribution in [2.24, 2.45) is 0 Å². The molecule has 1 aliphatic heterocycles. The number of rotatable bonds is 5. The van der Waals surface area contributed by atoms with E-state index in [1.807, 2.05) is 0 Å². The quantitative estimate of drug-likeness (QED) is 0.848. The molecule has 1 aliphatic rings. The summed E-state index contributed by atoms with van der Waals surface area (Å²) in [5.74, 6) is -0.272. The third-order valence-electron chi connectivity index (χ3n) is 2.73. The average molecular weight is 295 g/mol. The molecule has 7 nitrogen and oxygen atoms in total. The second kappa shape index (κ2) is 6.38. The Kier molecular flexibility index (Phi) is 4.57. The molecule has 2 amide bonds. The number of aromatic nitrogens is 1. The Morgan fingerprint density at radius 1 is 1.45 bits per heavy atom. The lowest BCUT2D eigenvalue weighted by molar-refractivity contribution is -0.116. The Bertz CT molecular complexity index is 532. The second-order valence-corrected chi connectivity index (χ2v) is 5.18. The minimum Gasteiger partial charge on any atom is -0.478 e. The van der Waals surface area contributed by atoms with Gasteiger partial charge in [-0.15, -0.1) is 0 Å². The van der Waals surface area contributed by atoms with Crippen molar-refractivity contribution in [2.45, 2.75) is 6.42 Å². The van der Waals surface area contributed by atoms with Gasteiger partial charge < -0.3 is 15.3 Å². The van der Waals surface area contributed by atoms with Crippen molar-refractivity contribution in [3.05, 3.63) is 23.9 Å². The van der Waals surface area contributed by atoms with Crippen molar-refractivity contribution >= 4 is 34.7 Å². The normalized spacial score (nSPS) is 14.4. The molecule has 0 aliphatic carbocycles. The largest absolute Gasteiger partial charge is 0.478 e. The number of thioether (sulfide) groups is 1. The van der Waals surface area contributed by atoms with Gasteiger partial charge >= 0.3 is 5.97 Å². The van der Waals surface area contributed by atoms with Crippen LogP contribution < -0.4 is 5.32 Å². The maximum Gasteiger partial charge on any atom is 0.337 e. The Balaban J connectivity index is 1.82. The van der Waals surface area contributed by atoms with E-state index >= 15 is 0 Å². The molecule has 0 saturated carbocycles. The van der Waals surface area contributed by atoms with Gasteiger partial charge in [0, 0.05) is 31.5 Å². The zero-order valence-electron chi connectivity index (χ0n) is 10.5. The number of carbonyl (C=O) groups is 3. The monoisotopic (exact) mass is 295 g/mol. The first-order chi connectivity index (χ1) is 9.56. The minimum atomic E-state index is -1.07. The fourth-order valence-electron chi connectivity index (χ4n) is 1.66. The van der Waals surface area contributed by atoms with Crippen molar-refractivity contribution in [3.63, 3.8) is 0 Å². The fourth-order valence-corrected chi connectivity index (χ4v) is 2.52. The van der Waals surface area contributed by atoms with E-state index in [4.69, 9.17) is 5.11 Å². The van der Waals surface area contributed by atoms with E-state index in [2.05, 4.69) is 10.3 Å². The van der Waals surface area contributed by atoms with Crippen LogP contribution in [0.4, 0.5) is 10.6 Å². The lowest BCUT2D eigenvalue weighted by atomic mass is 10.3. The first-order valence-electron chi connectivity index (χ1n) is 5.97. The fraction of sp³-hybridized carbons (Fsp3) is 0.333. The molecule has 0 atom stereocenters. The molecule has 2 heterocycles. The highest BCUT2D eigenvalue weighted by atomic mass is 32.2. The molecule has 1 aromatic heterocycles. The third-order valence-corrected chi connectivity index (χ3v) is 3.62. The standard InChI is InChI=1S/C12H13N3O4S/c16-10(3-4-15-5-6-20-12(15)19)14-9-2-1-8(7-13-9)11(17)18/h1-2,7H,3-6H2,(H,17,18)(H,13,14,16). The van der Waals surface area contributed by atoms with Crippen LogP contribution in [0.25, 0.3) is 0 Å². The zero-order valence-corrected chi connectivity index (χ0v) is 11.4. The van der Waals surface area contributed by atoms with Crippen LogP contribution in [0.2, 0.25) is 0 Å². The number of nitrogens with zero attached hydrogens (tertiary/aromatic N) is 2. The number of carbonyl (C=O) groups excluding carboxylic acids is 2. The van der Waals surface area contributed by atoms with Crippen LogP contribution in [0.5, 0.6) is 0 Å². The number of anilines is 1. The molecular formula is C12H13N3O4S. The van der Waals surface area contributed by atoms with E-state index in [-0.39, 0.29) is 23.1 Å². The lowest BCUT2D eigenvalue weighted by Crippen LogP contribution is -2.27. The minimum absolute atomic E-state index is 0.00161. The highest BCUT2D eigenvalue weighted by Gasteiger charge is 2.21. The van der Waals surface area contributed by atoms with E-state index in [0.29, 0.717) is 18.9 Å². The Hall–Kier alpha value is -2.09. The van der Waals surface area contributed by atoms with Gasteiger partial charge in [0.1, 0.15) is 5.82 Å². The molecule has 0 aromatic carbocycles. The molecule has 0 unspecified atom stereocenters. The van der Waals surface area contributed by atoms with Crippen molar-refractivity contribution in [1.82, 2.24) is 9.88 Å². The summed E-state index contributed by atoms with van der Waals surface area (Å²) in [6.45, 7) is 1.05. The smallest absolute Gasteiger partial charge is 0.337 e. The van der Waals surface area contributed by atoms with Crippen molar-refractivity contribution in [2.75, 3.05) is 24.2 Å². The number of hydrogen-bond acceptors (Lipinski definition) is 5. The van der Waals surface area contributed by atoms with Crippen molar-refractivity contribution in [1.29, 1.82) is 0 Å². The van der Waals surface area contributed by atoms with E-state index in [9.17, 15) is 14.4 Å². The van der Waals surface area contributed by atoms with Gasteiger partial charge in [0.05, 0.1) is 5.56 Å². The lowest BCUT2D eigenvalue weighted by Gasteiger charge is -2.13. The molecule has 0 bridgehead atoms. The van der Waals surface area contributed by atoms with Crippen LogP contribution in [-0.2, 0) is 4.79 Å². The molecule has 1 fully saturated rings. The molecule has 0 spiro atoms. The van der Waals surface area contributed by atoms with Crippen LogP contribution in [0.1, 0.15) is 16.8 Å². The number of aromatic carboxylic acids is 1. The molecular weight excluding hydrogens is 282 g/mol. The molecule has 2 rings (SSSR count). The van der Waals surface area contributed by atoms with E-state index in [1.165, 1.54) is 30.1 Å². The van der Waals surface area contributed by atoms with Crippen molar-refractivity contribution < 1.29 is 19.5 Å². The van der Waals surface area contributed by atoms with Crippen LogP contribution >= 0.6 is 11.8 Å². The van der Waals surface area contributed by atoms with E-state index in [0.717, 1.165) is 5.75 Å². The molecule has 20 heavy (non-hydrogen) atoms. The van der Waals surface area contributed by atoms with Crippen molar-refractivity contribution in [3.8, 4) is 0 Å². The number of nitrogens with one attached hydrogen (secondary N) is 1. The van der Waals surface area contributed by atoms with Gasteiger partial charge in [-0.2, -0.15) is 0 Å². The molecule has 1 aromatic rings. The molecule has 1 saturated heterocycles. The average Bonchev–Trinajstić information content (AvgIpc) is 2.82. The zero-order chi connectivity index (χ0) is 14.5. The second-order valence-electron chi connectivity index (χ2n) is 4.14. The summed E-state index contributed by atoms with van der Waals surface area (Å²) in [6, 6.07) is 2.80. The summed E-state index contributed by atoms with van der Waals surface area (Å²) in [4.78, 5) is 39.1. The van der Waals surface area contributed by atoms with Crippen LogP contribution in [0.3, 0.4) is 0 Å². The number of amides is 2. The topological polar surface area (TPSA) is 99.6 Å². The highest BCUT2D eigenvalue weighted by Crippen LogP contribution is 2.17. The Labute approximate surface area is 119 Å². The van der Waals surface area contributed by atoms with Gasteiger partial charge in [-0.3, -0.25) is 9.59 Å². The summed E-state index contributed by atoms with van der Waals surface area (Å²) < 4.78 is 0. The number of carboxylic acids is 1. The van der Waals surface area contributed by atoms with Gasteiger partial charge in [0.25, 0.3) is 5.24 Å². The first kappa shape index (κ1) is 14.3. The molecule has 2 N–H and O–H groups in total. The van der Waals surface area contributed by atoms with Gasteiger partial charge in [-0.05, 0) is 12.1 Å². The summed E-state index contributed by atoms with van der Waals surface area (Å²) in [5.41, 5.74) is 0.0580. The predicted molar refractivity (Wildman–Crippen MR) is 73.9 cm³/mol. The summed E-state index contributed by atoms with van der Waals surface area (Å²) >= 11 is 1.25. The third kappa shape index (κ3) is 3.70. The van der Waals surface area contributed by atoms with Crippen LogP contribution in [-0.4, -0.2) is 50.9 Å². The first-order valence-corrected chi connectivity index (χ1v) is 6.96.